The van der Waals surface area contributed by atoms with Gasteiger partial charge in [0.05, 0.1) is 15.2 Å². The van der Waals surface area contributed by atoms with Gasteiger partial charge in [0, 0.05) is 16.3 Å². The normalized spacial score (nSPS) is 10.8. The van der Waals surface area contributed by atoms with Gasteiger partial charge in [-0.2, -0.15) is 0 Å². The van der Waals surface area contributed by atoms with Crippen LogP contribution in [0.5, 0.6) is 5.75 Å². The number of anilines is 1. The van der Waals surface area contributed by atoms with Crippen molar-refractivity contribution in [3.05, 3.63) is 76.3 Å². The fourth-order valence-corrected chi connectivity index (χ4v) is 4.33. The van der Waals surface area contributed by atoms with Gasteiger partial charge in [-0.3, -0.25) is 0 Å². The molecule has 0 atom stereocenters. The van der Waals surface area contributed by atoms with Gasteiger partial charge in [0.1, 0.15) is 10.8 Å². The van der Waals surface area contributed by atoms with Crippen molar-refractivity contribution < 1.29 is 9.53 Å². The quantitative estimate of drug-likeness (QED) is 0.326. The number of benzene rings is 3. The number of ether oxygens (including phenoxy) is 1. The zero-order valence-corrected chi connectivity index (χ0v) is 18.2. The minimum absolute atomic E-state index is 0.0314. The van der Waals surface area contributed by atoms with Gasteiger partial charge < -0.3 is 15.4 Å². The summed E-state index contributed by atoms with van der Waals surface area (Å²) in [7, 11) is 0. The molecule has 0 spiro atoms. The van der Waals surface area contributed by atoms with Crippen molar-refractivity contribution in [3.8, 4) is 16.3 Å². The largest absolute Gasteiger partial charge is 0.472 e. The fourth-order valence-electron chi connectivity index (χ4n) is 2.80. The maximum absolute atomic E-state index is 12.1. The predicted octanol–water partition coefficient (Wildman–Crippen LogP) is 6.74. The Morgan fingerprint density at radius 2 is 1.87 bits per heavy atom. The number of thiazole rings is 1. The van der Waals surface area contributed by atoms with E-state index in [0.717, 1.165) is 20.8 Å². The molecule has 0 aliphatic carbocycles. The average Bonchev–Trinajstić information content (AvgIpc) is 3.13. The van der Waals surface area contributed by atoms with Crippen molar-refractivity contribution in [2.24, 2.45) is 0 Å². The highest BCUT2D eigenvalue weighted by atomic mass is 35.5. The maximum atomic E-state index is 12.1. The Morgan fingerprint density at radius 1 is 1.07 bits per heavy atom. The third kappa shape index (κ3) is 4.84. The van der Waals surface area contributed by atoms with E-state index in [1.165, 1.54) is 5.56 Å². The lowest BCUT2D eigenvalue weighted by Gasteiger charge is -2.10. The molecular formula is C22H17Cl2N3O2S. The van der Waals surface area contributed by atoms with E-state index in [1.54, 1.807) is 29.5 Å². The topological polar surface area (TPSA) is 63.2 Å². The highest BCUT2D eigenvalue weighted by Gasteiger charge is 2.08. The summed E-state index contributed by atoms with van der Waals surface area (Å²) in [6.45, 7) is 2.04. The smallest absolute Gasteiger partial charge is 0.321 e. The molecule has 0 aliphatic heterocycles. The second-order valence-electron chi connectivity index (χ2n) is 6.56. The second kappa shape index (κ2) is 8.92. The molecule has 0 fully saturated rings. The number of amides is 2. The molecule has 4 aromatic rings. The van der Waals surface area contributed by atoms with Crippen molar-refractivity contribution in [1.29, 1.82) is 0 Å². The lowest BCUT2D eigenvalue weighted by Crippen LogP contribution is -2.32. The molecule has 152 valence electrons. The molecule has 3 aromatic carbocycles. The molecular weight excluding hydrogens is 441 g/mol. The van der Waals surface area contributed by atoms with Gasteiger partial charge in [0.2, 0.25) is 0 Å². The number of carbonyl (C=O) groups excluding carboxylic acids is 1. The minimum Gasteiger partial charge on any atom is -0.472 e. The first kappa shape index (κ1) is 20.5. The molecule has 0 saturated heterocycles. The lowest BCUT2D eigenvalue weighted by atomic mass is 10.2. The molecule has 5 nitrogen and oxygen atoms in total. The van der Waals surface area contributed by atoms with E-state index < -0.39 is 0 Å². The fraction of sp³-hybridized carbons (Fsp3) is 0.0909. The third-order valence-corrected chi connectivity index (χ3v) is 5.89. The summed E-state index contributed by atoms with van der Waals surface area (Å²) in [6, 6.07) is 18.3. The zero-order chi connectivity index (χ0) is 21.1. The van der Waals surface area contributed by atoms with Crippen LogP contribution in [0.15, 0.2) is 60.7 Å². The highest BCUT2D eigenvalue weighted by molar-refractivity contribution is 7.21. The Labute approximate surface area is 187 Å². The number of urea groups is 1. The van der Waals surface area contributed by atoms with Gasteiger partial charge in [0.25, 0.3) is 0 Å². The van der Waals surface area contributed by atoms with Crippen LogP contribution in [0.3, 0.4) is 0 Å². The van der Waals surface area contributed by atoms with Gasteiger partial charge in [-0.15, -0.1) is 11.3 Å². The summed E-state index contributed by atoms with van der Waals surface area (Å²) in [5, 5.41) is 7.22. The summed E-state index contributed by atoms with van der Waals surface area (Å²) in [5.74, 6) is 0.441. The monoisotopic (exact) mass is 457 g/mol. The summed E-state index contributed by atoms with van der Waals surface area (Å²) in [6.07, 6.45) is 0. The molecule has 0 unspecified atom stereocenters. The summed E-state index contributed by atoms with van der Waals surface area (Å²) in [4.78, 5) is 16.8. The molecule has 30 heavy (non-hydrogen) atoms. The van der Waals surface area contributed by atoms with E-state index >= 15 is 0 Å². The van der Waals surface area contributed by atoms with Crippen LogP contribution in [0, 0.1) is 6.92 Å². The number of rotatable bonds is 5. The van der Waals surface area contributed by atoms with E-state index in [0.29, 0.717) is 21.5 Å². The van der Waals surface area contributed by atoms with E-state index in [2.05, 4.69) is 34.7 Å². The lowest BCUT2D eigenvalue weighted by molar-refractivity contribution is 0.234. The average molecular weight is 458 g/mol. The van der Waals surface area contributed by atoms with Gasteiger partial charge in [0.15, 0.2) is 6.73 Å². The van der Waals surface area contributed by atoms with Gasteiger partial charge in [-0.05, 0) is 67.1 Å². The van der Waals surface area contributed by atoms with Crippen LogP contribution in [0.1, 0.15) is 5.56 Å². The number of nitrogens with zero attached hydrogens (tertiary/aromatic N) is 1. The van der Waals surface area contributed by atoms with Crippen LogP contribution in [-0.2, 0) is 0 Å². The van der Waals surface area contributed by atoms with Crippen LogP contribution >= 0.6 is 34.5 Å². The van der Waals surface area contributed by atoms with Crippen LogP contribution in [-0.4, -0.2) is 17.7 Å². The molecule has 1 aromatic heterocycles. The molecule has 2 N–H and O–H groups in total. The van der Waals surface area contributed by atoms with Crippen molar-refractivity contribution in [3.63, 3.8) is 0 Å². The number of halogens is 2. The van der Waals surface area contributed by atoms with Crippen LogP contribution < -0.4 is 15.4 Å². The molecule has 4 rings (SSSR count). The predicted molar refractivity (Wildman–Crippen MR) is 124 cm³/mol. The van der Waals surface area contributed by atoms with E-state index in [9.17, 15) is 4.79 Å². The number of hydrogen-bond acceptors (Lipinski definition) is 4. The molecule has 0 saturated carbocycles. The summed E-state index contributed by atoms with van der Waals surface area (Å²) >= 11 is 13.5. The van der Waals surface area contributed by atoms with Crippen LogP contribution in [0.4, 0.5) is 10.5 Å². The molecule has 0 radical (unpaired) electrons. The standard InChI is InChI=1S/C22H17Cl2N3O2S/c1-13-2-8-18-20(10-13)30-21(27-18)14-3-6-16(7-4-14)26-22(28)25-12-29-19-9-5-15(23)11-17(19)24/h2-11H,12H2,1H3,(H2,25,26,28). The SMILES string of the molecule is Cc1ccc2nc(-c3ccc(NC(=O)NCOc4ccc(Cl)cc4Cl)cc3)sc2c1. The first-order chi connectivity index (χ1) is 14.5. The second-order valence-corrected chi connectivity index (χ2v) is 8.44. The Morgan fingerprint density at radius 3 is 2.63 bits per heavy atom. The first-order valence-electron chi connectivity index (χ1n) is 9.08. The van der Waals surface area contributed by atoms with Crippen molar-refractivity contribution in [1.82, 2.24) is 10.3 Å². The number of aromatic nitrogens is 1. The molecule has 2 amide bonds. The summed E-state index contributed by atoms with van der Waals surface area (Å²) < 4.78 is 6.60. The zero-order valence-electron chi connectivity index (χ0n) is 15.9. The molecule has 0 bridgehead atoms. The van der Waals surface area contributed by atoms with Crippen LogP contribution in [0.25, 0.3) is 20.8 Å². The van der Waals surface area contributed by atoms with Crippen LogP contribution in [0.2, 0.25) is 10.0 Å². The van der Waals surface area contributed by atoms with Crippen molar-refractivity contribution >= 4 is 56.5 Å². The van der Waals surface area contributed by atoms with Gasteiger partial charge >= 0.3 is 6.03 Å². The molecule has 1 heterocycles. The van der Waals surface area contributed by atoms with E-state index in [-0.39, 0.29) is 12.8 Å². The number of nitrogens with one attached hydrogen (secondary N) is 2. The summed E-state index contributed by atoms with van der Waals surface area (Å²) in [5.41, 5.74) is 3.87. The number of hydrogen-bond donors (Lipinski definition) is 2. The number of fused-ring (bicyclic) bond motifs is 1. The maximum Gasteiger partial charge on any atom is 0.321 e. The minimum atomic E-state index is -0.386. The van der Waals surface area contributed by atoms with Crippen molar-refractivity contribution in [2.75, 3.05) is 12.0 Å². The highest BCUT2D eigenvalue weighted by Crippen LogP contribution is 2.31. The molecule has 8 heteroatoms. The van der Waals surface area contributed by atoms with Gasteiger partial charge in [-0.25, -0.2) is 9.78 Å². The Bertz CT molecular complexity index is 1210. The first-order valence-corrected chi connectivity index (χ1v) is 10.7. The van der Waals surface area contributed by atoms with Gasteiger partial charge in [-0.1, -0.05) is 29.3 Å². The van der Waals surface area contributed by atoms with Crippen molar-refractivity contribution in [2.45, 2.75) is 6.92 Å². The van der Waals surface area contributed by atoms with E-state index in [1.807, 2.05) is 30.3 Å². The molecule has 0 aliphatic rings. The van der Waals surface area contributed by atoms with E-state index in [4.69, 9.17) is 27.9 Å². The number of carbonyl (C=O) groups is 1. The Balaban J connectivity index is 1.34. The Hall–Kier alpha value is -2.80. The third-order valence-electron chi connectivity index (χ3n) is 4.29. The number of aryl methyl sites for hydroxylation is 1. The Kier molecular flexibility index (Phi) is 6.08.